The summed E-state index contributed by atoms with van der Waals surface area (Å²) in [7, 11) is 1.31. The number of hydrogen-bond acceptors (Lipinski definition) is 4. The first-order valence-electron chi connectivity index (χ1n) is 5.40. The molecule has 1 aromatic carbocycles. The largest absolute Gasteiger partial charge is 0.504 e. The van der Waals surface area contributed by atoms with Crippen molar-refractivity contribution < 1.29 is 19.0 Å². The molecular formula is C12H11ClFNO3. The van der Waals surface area contributed by atoms with E-state index < -0.39 is 11.4 Å². The van der Waals surface area contributed by atoms with Gasteiger partial charge in [-0.25, -0.2) is 9.18 Å². The Kier molecular flexibility index (Phi) is 3.28. The quantitative estimate of drug-likeness (QED) is 0.679. The Balaban J connectivity index is 2.72. The number of nitrogens with zero attached hydrogens (tertiary/aromatic N) is 1. The van der Waals surface area contributed by atoms with Crippen LogP contribution in [0.25, 0.3) is 0 Å². The summed E-state index contributed by atoms with van der Waals surface area (Å²) < 4.78 is 19.2. The topological polar surface area (TPSA) is 58.9 Å². The number of methoxy groups -OCH3 is 1. The van der Waals surface area contributed by atoms with E-state index in [-0.39, 0.29) is 22.1 Å². The third-order valence-electron chi connectivity index (χ3n) is 3.26. The summed E-state index contributed by atoms with van der Waals surface area (Å²) in [5.41, 5.74) is -0.982. The van der Waals surface area contributed by atoms with Crippen LogP contribution >= 0.6 is 11.6 Å². The predicted molar refractivity (Wildman–Crippen MR) is 63.3 cm³/mol. The number of rotatable bonds is 3. The summed E-state index contributed by atoms with van der Waals surface area (Å²) in [5.74, 6) is -1.02. The van der Waals surface area contributed by atoms with E-state index in [1.54, 1.807) is 0 Å². The van der Waals surface area contributed by atoms with Crippen LogP contribution in [0.1, 0.15) is 24.8 Å². The Bertz CT molecular complexity index is 537. The van der Waals surface area contributed by atoms with E-state index in [1.165, 1.54) is 13.2 Å². The molecule has 2 rings (SSSR count). The number of halogens is 2. The minimum atomic E-state index is -1.01. The van der Waals surface area contributed by atoms with Crippen molar-refractivity contribution in [3.63, 3.8) is 0 Å². The molecule has 1 aromatic rings. The van der Waals surface area contributed by atoms with Gasteiger partial charge in [-0.2, -0.15) is 4.99 Å². The third kappa shape index (κ3) is 1.76. The zero-order chi connectivity index (χ0) is 13.3. The van der Waals surface area contributed by atoms with Crippen molar-refractivity contribution in [2.24, 2.45) is 4.99 Å². The van der Waals surface area contributed by atoms with E-state index in [4.69, 9.17) is 16.3 Å². The summed E-state index contributed by atoms with van der Waals surface area (Å²) in [4.78, 5) is 14.2. The smallest absolute Gasteiger partial charge is 0.235 e. The van der Waals surface area contributed by atoms with Gasteiger partial charge < -0.3 is 9.84 Å². The summed E-state index contributed by atoms with van der Waals surface area (Å²) in [6, 6.07) is 1.07. The highest BCUT2D eigenvalue weighted by molar-refractivity contribution is 6.31. The molecule has 1 aliphatic rings. The first-order chi connectivity index (χ1) is 8.55. The number of ether oxygens (including phenoxy) is 1. The van der Waals surface area contributed by atoms with Crippen LogP contribution in [0.15, 0.2) is 11.1 Å². The molecule has 0 unspecified atom stereocenters. The Hall–Kier alpha value is -1.58. The van der Waals surface area contributed by atoms with E-state index in [0.29, 0.717) is 12.8 Å². The fourth-order valence-corrected chi connectivity index (χ4v) is 2.43. The van der Waals surface area contributed by atoms with E-state index in [9.17, 15) is 14.3 Å². The minimum absolute atomic E-state index is 0.0319. The van der Waals surface area contributed by atoms with Crippen molar-refractivity contribution in [3.8, 4) is 11.5 Å². The number of phenolic OH excluding ortho intramolecular Hbond substituents is 1. The molecule has 1 saturated carbocycles. The number of benzene rings is 1. The van der Waals surface area contributed by atoms with Gasteiger partial charge in [0.1, 0.15) is 5.54 Å². The standard InChI is InChI=1S/C12H11ClFNO3/c1-18-11-8(17)5-7(13)10(14)9(11)12(15-6-16)3-2-4-12/h5,17H,2-4H2,1H3. The fourth-order valence-electron chi connectivity index (χ4n) is 2.24. The number of aromatic hydroxyl groups is 1. The monoisotopic (exact) mass is 271 g/mol. The van der Waals surface area contributed by atoms with E-state index >= 15 is 0 Å². The lowest BCUT2D eigenvalue weighted by molar-refractivity contribution is 0.234. The summed E-state index contributed by atoms with van der Waals surface area (Å²) >= 11 is 5.70. The number of hydrogen-bond donors (Lipinski definition) is 1. The van der Waals surface area contributed by atoms with Crippen molar-refractivity contribution in [3.05, 3.63) is 22.5 Å². The molecule has 0 saturated heterocycles. The predicted octanol–water partition coefficient (Wildman–Crippen LogP) is 2.91. The maximum Gasteiger partial charge on any atom is 0.235 e. The molecular weight excluding hydrogens is 261 g/mol. The van der Waals surface area contributed by atoms with Crippen LogP contribution in [-0.2, 0) is 10.3 Å². The molecule has 96 valence electrons. The zero-order valence-corrected chi connectivity index (χ0v) is 10.4. The van der Waals surface area contributed by atoms with Gasteiger partial charge in [-0.05, 0) is 19.3 Å². The molecule has 0 spiro atoms. The lowest BCUT2D eigenvalue weighted by atomic mass is 9.71. The first kappa shape index (κ1) is 12.9. The van der Waals surface area contributed by atoms with Gasteiger partial charge in [-0.1, -0.05) is 11.6 Å². The van der Waals surface area contributed by atoms with Gasteiger partial charge in [0.15, 0.2) is 17.3 Å². The van der Waals surface area contributed by atoms with Crippen LogP contribution < -0.4 is 4.74 Å². The minimum Gasteiger partial charge on any atom is -0.504 e. The highest BCUT2D eigenvalue weighted by Crippen LogP contribution is 2.52. The highest BCUT2D eigenvalue weighted by atomic mass is 35.5. The molecule has 0 aliphatic heterocycles. The highest BCUT2D eigenvalue weighted by Gasteiger charge is 2.44. The average Bonchev–Trinajstić information content (AvgIpc) is 2.28. The average molecular weight is 272 g/mol. The second kappa shape index (κ2) is 4.59. The molecule has 1 fully saturated rings. The van der Waals surface area contributed by atoms with Crippen molar-refractivity contribution in [1.29, 1.82) is 0 Å². The summed E-state index contributed by atoms with van der Waals surface area (Å²) in [6.07, 6.45) is 3.25. The third-order valence-corrected chi connectivity index (χ3v) is 3.54. The first-order valence-corrected chi connectivity index (χ1v) is 5.78. The SMILES string of the molecule is COc1c(O)cc(Cl)c(F)c1C1(N=C=O)CCC1. The second-order valence-corrected chi connectivity index (χ2v) is 4.60. The molecule has 0 heterocycles. The Morgan fingerprint density at radius 3 is 2.72 bits per heavy atom. The summed E-state index contributed by atoms with van der Waals surface area (Å²) in [6.45, 7) is 0. The maximum absolute atomic E-state index is 14.2. The van der Waals surface area contributed by atoms with Gasteiger partial charge >= 0.3 is 0 Å². The van der Waals surface area contributed by atoms with Gasteiger partial charge in [0.25, 0.3) is 0 Å². The van der Waals surface area contributed by atoms with Crippen LogP contribution in [0.4, 0.5) is 4.39 Å². The molecule has 18 heavy (non-hydrogen) atoms. The van der Waals surface area contributed by atoms with Gasteiger partial charge in [0, 0.05) is 6.07 Å². The molecule has 0 radical (unpaired) electrons. The maximum atomic E-state index is 14.2. The van der Waals surface area contributed by atoms with Gasteiger partial charge in [-0.3, -0.25) is 0 Å². The van der Waals surface area contributed by atoms with Gasteiger partial charge in [0.05, 0.1) is 17.7 Å². The van der Waals surface area contributed by atoms with E-state index in [2.05, 4.69) is 4.99 Å². The molecule has 4 nitrogen and oxygen atoms in total. The molecule has 0 aromatic heterocycles. The fraction of sp³-hybridized carbons (Fsp3) is 0.417. The molecule has 1 N–H and O–H groups in total. The molecule has 0 amide bonds. The number of phenols is 1. The Labute approximate surface area is 108 Å². The number of isocyanates is 1. The normalized spacial score (nSPS) is 16.6. The lowest BCUT2D eigenvalue weighted by Crippen LogP contribution is -2.33. The molecule has 6 heteroatoms. The number of aliphatic imine (C=N–C) groups is 1. The van der Waals surface area contributed by atoms with Crippen LogP contribution in [0, 0.1) is 5.82 Å². The van der Waals surface area contributed by atoms with Crippen LogP contribution in [0.5, 0.6) is 11.5 Å². The molecule has 1 aliphatic carbocycles. The zero-order valence-electron chi connectivity index (χ0n) is 9.67. The van der Waals surface area contributed by atoms with Crippen LogP contribution in [0.2, 0.25) is 5.02 Å². The lowest BCUT2D eigenvalue weighted by Gasteiger charge is -2.38. The molecule has 0 atom stereocenters. The van der Waals surface area contributed by atoms with Gasteiger partial charge in [-0.15, -0.1) is 0 Å². The Morgan fingerprint density at radius 2 is 2.28 bits per heavy atom. The van der Waals surface area contributed by atoms with Crippen molar-refractivity contribution in [2.45, 2.75) is 24.8 Å². The van der Waals surface area contributed by atoms with Crippen molar-refractivity contribution in [1.82, 2.24) is 0 Å². The van der Waals surface area contributed by atoms with Gasteiger partial charge in [0.2, 0.25) is 6.08 Å². The van der Waals surface area contributed by atoms with Crippen molar-refractivity contribution in [2.75, 3.05) is 7.11 Å². The Morgan fingerprint density at radius 1 is 1.61 bits per heavy atom. The van der Waals surface area contributed by atoms with E-state index in [0.717, 1.165) is 12.5 Å². The van der Waals surface area contributed by atoms with E-state index in [1.807, 2.05) is 0 Å². The van der Waals surface area contributed by atoms with Crippen LogP contribution in [-0.4, -0.2) is 18.3 Å². The second-order valence-electron chi connectivity index (χ2n) is 4.19. The number of carbonyl (C=O) groups excluding carboxylic acids is 1. The molecule has 0 bridgehead atoms. The van der Waals surface area contributed by atoms with Crippen LogP contribution in [0.3, 0.4) is 0 Å². The summed E-state index contributed by atoms with van der Waals surface area (Å²) in [5, 5.41) is 9.51. The van der Waals surface area contributed by atoms with Crippen molar-refractivity contribution >= 4 is 17.7 Å².